The normalized spacial score (nSPS) is 44.9. The Kier molecular flexibility index (Phi) is 2.64. The van der Waals surface area contributed by atoms with Crippen LogP contribution in [0, 0.1) is 17.3 Å². The number of hydrogen-bond donors (Lipinski definition) is 0. The second-order valence-corrected chi connectivity index (χ2v) is 6.33. The van der Waals surface area contributed by atoms with E-state index >= 15 is 0 Å². The highest BCUT2D eigenvalue weighted by Crippen LogP contribution is 2.60. The first-order valence-electron chi connectivity index (χ1n) is 7.06. The molecule has 2 nitrogen and oxygen atoms in total. The van der Waals surface area contributed by atoms with Crippen LogP contribution < -0.4 is 0 Å². The van der Waals surface area contributed by atoms with Crippen LogP contribution in [0.5, 0.6) is 0 Å². The van der Waals surface area contributed by atoms with E-state index in [2.05, 4.69) is 20.4 Å². The third-order valence-corrected chi connectivity index (χ3v) is 5.57. The number of hydrogen-bond acceptors (Lipinski definition) is 2. The van der Waals surface area contributed by atoms with Crippen molar-refractivity contribution in [3.8, 4) is 0 Å². The molecule has 0 amide bonds. The van der Waals surface area contributed by atoms with E-state index in [0.717, 1.165) is 19.6 Å². The fourth-order valence-electron chi connectivity index (χ4n) is 4.34. The van der Waals surface area contributed by atoms with Gasteiger partial charge in [-0.3, -0.25) is 0 Å². The summed E-state index contributed by atoms with van der Waals surface area (Å²) in [5.74, 6) is 0.974. The van der Waals surface area contributed by atoms with Crippen molar-refractivity contribution in [1.29, 1.82) is 0 Å². The molecule has 3 aliphatic rings. The van der Waals surface area contributed by atoms with Gasteiger partial charge in [0.1, 0.15) is 0 Å². The lowest BCUT2D eigenvalue weighted by Crippen LogP contribution is -2.56. The Morgan fingerprint density at radius 3 is 2.59 bits per heavy atom. The molecule has 0 aromatic heterocycles. The SMILES string of the molecule is C=C1[C@@H](C)CC[C@@]2(C)[C@H]1CCCC21OCCO1. The number of fused-ring (bicyclic) bond motifs is 2. The van der Waals surface area contributed by atoms with E-state index in [1.54, 1.807) is 0 Å². The van der Waals surface area contributed by atoms with Gasteiger partial charge < -0.3 is 9.47 Å². The van der Waals surface area contributed by atoms with Gasteiger partial charge in [0.2, 0.25) is 0 Å². The summed E-state index contributed by atoms with van der Waals surface area (Å²) in [6.07, 6.45) is 6.01. The van der Waals surface area contributed by atoms with Gasteiger partial charge in [-0.1, -0.05) is 26.0 Å². The molecular formula is C15H24O2. The monoisotopic (exact) mass is 236 g/mol. The fourth-order valence-corrected chi connectivity index (χ4v) is 4.34. The van der Waals surface area contributed by atoms with Gasteiger partial charge >= 0.3 is 0 Å². The molecule has 3 atom stereocenters. The Hall–Kier alpha value is -0.340. The molecule has 1 saturated heterocycles. The second-order valence-electron chi connectivity index (χ2n) is 6.33. The highest BCUT2D eigenvalue weighted by Gasteiger charge is 2.60. The average Bonchev–Trinajstić information content (AvgIpc) is 2.78. The molecule has 1 aliphatic heterocycles. The zero-order chi connectivity index (χ0) is 12.1. The molecule has 3 rings (SSSR count). The summed E-state index contributed by atoms with van der Waals surface area (Å²) in [6, 6.07) is 0. The number of allylic oxidation sites excluding steroid dienone is 1. The molecule has 0 N–H and O–H groups in total. The first kappa shape index (κ1) is 11.7. The first-order chi connectivity index (χ1) is 8.09. The molecule has 1 spiro atoms. The summed E-state index contributed by atoms with van der Waals surface area (Å²) >= 11 is 0. The summed E-state index contributed by atoms with van der Waals surface area (Å²) < 4.78 is 12.1. The molecule has 2 aliphatic carbocycles. The Labute approximate surface area is 104 Å². The highest BCUT2D eigenvalue weighted by atomic mass is 16.7. The topological polar surface area (TPSA) is 18.5 Å². The van der Waals surface area contributed by atoms with Crippen molar-refractivity contribution in [2.24, 2.45) is 17.3 Å². The smallest absolute Gasteiger partial charge is 0.174 e. The van der Waals surface area contributed by atoms with Crippen molar-refractivity contribution < 1.29 is 9.47 Å². The Morgan fingerprint density at radius 2 is 1.88 bits per heavy atom. The molecule has 96 valence electrons. The van der Waals surface area contributed by atoms with E-state index < -0.39 is 0 Å². The quantitative estimate of drug-likeness (QED) is 0.599. The lowest BCUT2D eigenvalue weighted by molar-refractivity contribution is -0.270. The third-order valence-electron chi connectivity index (χ3n) is 5.57. The predicted octanol–water partition coefficient (Wildman–Crippen LogP) is 3.52. The third kappa shape index (κ3) is 1.47. The van der Waals surface area contributed by atoms with Gasteiger partial charge in [-0.2, -0.15) is 0 Å². The predicted molar refractivity (Wildman–Crippen MR) is 67.6 cm³/mol. The molecule has 0 aromatic rings. The number of rotatable bonds is 0. The van der Waals surface area contributed by atoms with Gasteiger partial charge in [0, 0.05) is 11.8 Å². The van der Waals surface area contributed by atoms with Crippen LogP contribution in [0.25, 0.3) is 0 Å². The Balaban J connectivity index is 1.97. The van der Waals surface area contributed by atoms with Crippen LogP contribution >= 0.6 is 0 Å². The van der Waals surface area contributed by atoms with Gasteiger partial charge in [0.15, 0.2) is 5.79 Å². The average molecular weight is 236 g/mol. The van der Waals surface area contributed by atoms with Crippen LogP contribution in [0.1, 0.15) is 46.0 Å². The summed E-state index contributed by atoms with van der Waals surface area (Å²) in [4.78, 5) is 0. The molecule has 2 heteroatoms. The number of ether oxygens (including phenoxy) is 2. The van der Waals surface area contributed by atoms with Crippen molar-refractivity contribution in [2.45, 2.75) is 51.7 Å². The lowest BCUT2D eigenvalue weighted by Gasteiger charge is -2.56. The zero-order valence-corrected chi connectivity index (χ0v) is 11.1. The molecule has 17 heavy (non-hydrogen) atoms. The van der Waals surface area contributed by atoms with Crippen LogP contribution in [0.3, 0.4) is 0 Å². The van der Waals surface area contributed by atoms with E-state index in [4.69, 9.17) is 9.47 Å². The van der Waals surface area contributed by atoms with E-state index in [0.29, 0.717) is 11.8 Å². The maximum Gasteiger partial charge on any atom is 0.174 e. The van der Waals surface area contributed by atoms with Gasteiger partial charge in [-0.15, -0.1) is 0 Å². The van der Waals surface area contributed by atoms with Gasteiger partial charge in [-0.05, 0) is 37.5 Å². The summed E-state index contributed by atoms with van der Waals surface area (Å²) in [7, 11) is 0. The van der Waals surface area contributed by atoms with E-state index in [-0.39, 0.29) is 11.2 Å². The van der Waals surface area contributed by atoms with E-state index in [1.165, 1.54) is 31.3 Å². The highest BCUT2D eigenvalue weighted by molar-refractivity contribution is 5.18. The molecule has 1 heterocycles. The Morgan fingerprint density at radius 1 is 1.18 bits per heavy atom. The summed E-state index contributed by atoms with van der Waals surface area (Å²) in [6.45, 7) is 10.6. The van der Waals surface area contributed by atoms with Crippen LogP contribution in [0.15, 0.2) is 12.2 Å². The Bertz CT molecular complexity index is 330. The van der Waals surface area contributed by atoms with Crippen molar-refractivity contribution in [2.75, 3.05) is 13.2 Å². The molecule has 2 saturated carbocycles. The molecule has 0 aromatic carbocycles. The molecule has 3 fully saturated rings. The minimum Gasteiger partial charge on any atom is -0.347 e. The van der Waals surface area contributed by atoms with E-state index in [1.807, 2.05) is 0 Å². The van der Waals surface area contributed by atoms with Crippen LogP contribution in [-0.4, -0.2) is 19.0 Å². The lowest BCUT2D eigenvalue weighted by atomic mass is 9.54. The minimum atomic E-state index is -0.293. The van der Waals surface area contributed by atoms with Gasteiger partial charge in [0.05, 0.1) is 13.2 Å². The first-order valence-corrected chi connectivity index (χ1v) is 7.06. The second kappa shape index (κ2) is 3.83. The largest absolute Gasteiger partial charge is 0.347 e. The standard InChI is InChI=1S/C15H24O2/c1-11-6-8-14(3)13(12(11)2)5-4-7-15(14)16-9-10-17-15/h11,13H,2,4-10H2,1,3H3/t11-,13-,14-/m0/s1. The molecule has 0 radical (unpaired) electrons. The van der Waals surface area contributed by atoms with Gasteiger partial charge in [-0.25, -0.2) is 0 Å². The molecule has 0 bridgehead atoms. The fraction of sp³-hybridized carbons (Fsp3) is 0.867. The summed E-state index contributed by atoms with van der Waals surface area (Å²) in [5.41, 5.74) is 1.60. The maximum absolute atomic E-state index is 6.07. The van der Waals surface area contributed by atoms with E-state index in [9.17, 15) is 0 Å². The summed E-state index contributed by atoms with van der Waals surface area (Å²) in [5, 5.41) is 0. The molecular weight excluding hydrogens is 212 g/mol. The van der Waals surface area contributed by atoms with Crippen molar-refractivity contribution in [3.05, 3.63) is 12.2 Å². The van der Waals surface area contributed by atoms with Crippen LogP contribution in [0.2, 0.25) is 0 Å². The van der Waals surface area contributed by atoms with Crippen LogP contribution in [0.4, 0.5) is 0 Å². The van der Waals surface area contributed by atoms with Crippen LogP contribution in [-0.2, 0) is 9.47 Å². The molecule has 0 unspecified atom stereocenters. The maximum atomic E-state index is 6.07. The van der Waals surface area contributed by atoms with Crippen molar-refractivity contribution in [1.82, 2.24) is 0 Å². The minimum absolute atomic E-state index is 0.158. The van der Waals surface area contributed by atoms with Crippen molar-refractivity contribution >= 4 is 0 Å². The zero-order valence-electron chi connectivity index (χ0n) is 11.1. The van der Waals surface area contributed by atoms with Gasteiger partial charge in [0.25, 0.3) is 0 Å². The van der Waals surface area contributed by atoms with Crippen molar-refractivity contribution in [3.63, 3.8) is 0 Å².